The molecule has 5 heteroatoms. The molecule has 0 saturated carbocycles. The molecule has 0 spiro atoms. The Bertz CT molecular complexity index is 398. The maximum absolute atomic E-state index is 12.7. The molecule has 0 aliphatic rings. The second-order valence-electron chi connectivity index (χ2n) is 4.32. The molecule has 1 amide bonds. The summed E-state index contributed by atoms with van der Waals surface area (Å²) in [4.78, 5) is 12.8. The van der Waals surface area contributed by atoms with Crippen molar-refractivity contribution in [2.45, 2.75) is 20.0 Å². The van der Waals surface area contributed by atoms with Crippen LogP contribution in [-0.2, 0) is 4.79 Å². The molecule has 0 aromatic heterocycles. The second-order valence-corrected chi connectivity index (χ2v) is 4.32. The number of para-hydroxylation sites is 1. The Kier molecular flexibility index (Phi) is 3.50. The SMILES string of the molecule is CN(C(=O)C(C)(C)C(F)(F)F)c1ccccc1. The molecule has 0 heterocycles. The molecule has 0 aliphatic carbocycles. The number of carbonyl (C=O) groups is 1. The number of benzene rings is 1. The first-order valence-corrected chi connectivity index (χ1v) is 5.08. The highest BCUT2D eigenvalue weighted by Crippen LogP contribution is 2.39. The molecular formula is C12H14F3NO. The van der Waals surface area contributed by atoms with Crippen molar-refractivity contribution in [2.24, 2.45) is 5.41 Å². The average molecular weight is 245 g/mol. The molecule has 94 valence electrons. The van der Waals surface area contributed by atoms with E-state index in [1.807, 2.05) is 0 Å². The largest absolute Gasteiger partial charge is 0.402 e. The van der Waals surface area contributed by atoms with Gasteiger partial charge < -0.3 is 4.90 Å². The Labute approximate surface area is 98.0 Å². The van der Waals surface area contributed by atoms with E-state index < -0.39 is 17.5 Å². The Morgan fingerprint density at radius 2 is 1.59 bits per heavy atom. The molecule has 0 unspecified atom stereocenters. The van der Waals surface area contributed by atoms with Crippen molar-refractivity contribution in [1.82, 2.24) is 0 Å². The molecule has 1 rings (SSSR count). The van der Waals surface area contributed by atoms with E-state index in [4.69, 9.17) is 0 Å². The molecule has 17 heavy (non-hydrogen) atoms. The van der Waals surface area contributed by atoms with E-state index in [-0.39, 0.29) is 0 Å². The van der Waals surface area contributed by atoms with Gasteiger partial charge in [-0.1, -0.05) is 18.2 Å². The highest BCUT2D eigenvalue weighted by atomic mass is 19.4. The minimum Gasteiger partial charge on any atom is -0.315 e. The number of anilines is 1. The maximum atomic E-state index is 12.7. The summed E-state index contributed by atoms with van der Waals surface area (Å²) in [6.07, 6.45) is -4.56. The van der Waals surface area contributed by atoms with E-state index in [2.05, 4.69) is 0 Å². The van der Waals surface area contributed by atoms with Crippen LogP contribution in [-0.4, -0.2) is 19.1 Å². The Balaban J connectivity index is 2.99. The van der Waals surface area contributed by atoms with Gasteiger partial charge in [0.1, 0.15) is 5.41 Å². The Morgan fingerprint density at radius 3 is 2.00 bits per heavy atom. The fraction of sp³-hybridized carbons (Fsp3) is 0.417. The van der Waals surface area contributed by atoms with Crippen molar-refractivity contribution < 1.29 is 18.0 Å². The fourth-order valence-electron chi connectivity index (χ4n) is 1.31. The molecule has 1 aromatic carbocycles. The monoisotopic (exact) mass is 245 g/mol. The van der Waals surface area contributed by atoms with Crippen LogP contribution in [0.2, 0.25) is 0 Å². The summed E-state index contributed by atoms with van der Waals surface area (Å²) in [6.45, 7) is 1.77. The Hall–Kier alpha value is -1.52. The molecule has 0 radical (unpaired) electrons. The summed E-state index contributed by atoms with van der Waals surface area (Å²) in [5, 5.41) is 0. The maximum Gasteiger partial charge on any atom is 0.402 e. The first-order chi connectivity index (χ1) is 7.68. The molecule has 0 aliphatic heterocycles. The first-order valence-electron chi connectivity index (χ1n) is 5.08. The lowest BCUT2D eigenvalue weighted by Gasteiger charge is -2.31. The van der Waals surface area contributed by atoms with Crippen molar-refractivity contribution in [3.8, 4) is 0 Å². The minimum atomic E-state index is -4.56. The van der Waals surface area contributed by atoms with Crippen LogP contribution < -0.4 is 4.90 Å². The summed E-state index contributed by atoms with van der Waals surface area (Å²) >= 11 is 0. The summed E-state index contributed by atoms with van der Waals surface area (Å²) in [5.74, 6) is -0.976. The zero-order chi connectivity index (χ0) is 13.3. The van der Waals surface area contributed by atoms with Crippen LogP contribution in [0.5, 0.6) is 0 Å². The number of hydrogen-bond acceptors (Lipinski definition) is 1. The van der Waals surface area contributed by atoms with Gasteiger partial charge in [0, 0.05) is 12.7 Å². The number of nitrogens with zero attached hydrogens (tertiary/aromatic N) is 1. The predicted octanol–water partition coefficient (Wildman–Crippen LogP) is 3.24. The lowest BCUT2D eigenvalue weighted by Crippen LogP contribution is -2.47. The standard InChI is InChI=1S/C12H14F3NO/c1-11(2,12(13,14)15)10(17)16(3)9-7-5-4-6-8-9/h4-8H,1-3H3. The zero-order valence-corrected chi connectivity index (χ0v) is 9.88. The van der Waals surface area contributed by atoms with Crippen LogP contribution in [0.1, 0.15) is 13.8 Å². The van der Waals surface area contributed by atoms with Crippen LogP contribution in [0.4, 0.5) is 18.9 Å². The number of alkyl halides is 3. The molecule has 0 bridgehead atoms. The average Bonchev–Trinajstić information content (AvgIpc) is 2.26. The van der Waals surface area contributed by atoms with E-state index in [0.717, 1.165) is 18.7 Å². The van der Waals surface area contributed by atoms with Crippen LogP contribution in [0, 0.1) is 5.41 Å². The van der Waals surface area contributed by atoms with Gasteiger partial charge in [0.25, 0.3) is 0 Å². The fourth-order valence-corrected chi connectivity index (χ4v) is 1.31. The number of amides is 1. The van der Waals surface area contributed by atoms with Crippen LogP contribution in [0.15, 0.2) is 30.3 Å². The lowest BCUT2D eigenvalue weighted by molar-refractivity contribution is -0.209. The number of rotatable bonds is 2. The van der Waals surface area contributed by atoms with Crippen molar-refractivity contribution >= 4 is 11.6 Å². The van der Waals surface area contributed by atoms with Gasteiger partial charge in [-0.25, -0.2) is 0 Å². The predicted molar refractivity (Wildman–Crippen MR) is 59.7 cm³/mol. The van der Waals surface area contributed by atoms with Gasteiger partial charge in [0.15, 0.2) is 0 Å². The van der Waals surface area contributed by atoms with E-state index in [1.54, 1.807) is 30.3 Å². The van der Waals surface area contributed by atoms with E-state index in [0.29, 0.717) is 5.69 Å². The summed E-state index contributed by atoms with van der Waals surface area (Å²) in [5.41, 5.74) is -1.95. The normalized spacial score (nSPS) is 12.4. The minimum absolute atomic E-state index is 0.440. The first kappa shape index (κ1) is 13.5. The van der Waals surface area contributed by atoms with Crippen molar-refractivity contribution in [3.05, 3.63) is 30.3 Å². The summed E-state index contributed by atoms with van der Waals surface area (Å²) < 4.78 is 38.1. The smallest absolute Gasteiger partial charge is 0.315 e. The highest BCUT2D eigenvalue weighted by Gasteiger charge is 2.54. The highest BCUT2D eigenvalue weighted by molar-refractivity contribution is 5.97. The summed E-state index contributed by atoms with van der Waals surface area (Å²) in [7, 11) is 1.34. The summed E-state index contributed by atoms with van der Waals surface area (Å²) in [6, 6.07) is 8.24. The quantitative estimate of drug-likeness (QED) is 0.783. The van der Waals surface area contributed by atoms with Gasteiger partial charge in [-0.2, -0.15) is 13.2 Å². The molecule has 0 fully saturated rings. The van der Waals surface area contributed by atoms with Crippen LogP contribution >= 0.6 is 0 Å². The van der Waals surface area contributed by atoms with Gasteiger partial charge in [0.05, 0.1) is 0 Å². The molecule has 1 aromatic rings. The molecule has 0 N–H and O–H groups in total. The van der Waals surface area contributed by atoms with Crippen molar-refractivity contribution in [2.75, 3.05) is 11.9 Å². The van der Waals surface area contributed by atoms with E-state index in [9.17, 15) is 18.0 Å². The second kappa shape index (κ2) is 4.39. The number of halogens is 3. The molecular weight excluding hydrogens is 231 g/mol. The lowest BCUT2D eigenvalue weighted by atomic mass is 9.90. The Morgan fingerprint density at radius 1 is 1.12 bits per heavy atom. The number of hydrogen-bond donors (Lipinski definition) is 0. The molecule has 2 nitrogen and oxygen atoms in total. The zero-order valence-electron chi connectivity index (χ0n) is 9.88. The molecule has 0 saturated heterocycles. The van der Waals surface area contributed by atoms with Crippen molar-refractivity contribution in [1.29, 1.82) is 0 Å². The van der Waals surface area contributed by atoms with E-state index >= 15 is 0 Å². The van der Waals surface area contributed by atoms with Gasteiger partial charge in [-0.15, -0.1) is 0 Å². The van der Waals surface area contributed by atoms with E-state index in [1.165, 1.54) is 7.05 Å². The topological polar surface area (TPSA) is 20.3 Å². The van der Waals surface area contributed by atoms with Crippen LogP contribution in [0.25, 0.3) is 0 Å². The number of carbonyl (C=O) groups excluding carboxylic acids is 1. The van der Waals surface area contributed by atoms with Crippen molar-refractivity contribution in [3.63, 3.8) is 0 Å². The van der Waals surface area contributed by atoms with Gasteiger partial charge >= 0.3 is 6.18 Å². The van der Waals surface area contributed by atoms with Gasteiger partial charge in [0.2, 0.25) is 5.91 Å². The van der Waals surface area contributed by atoms with Gasteiger partial charge in [-0.05, 0) is 26.0 Å². The third-order valence-electron chi connectivity index (χ3n) is 2.69. The third kappa shape index (κ3) is 2.60. The van der Waals surface area contributed by atoms with Gasteiger partial charge in [-0.3, -0.25) is 4.79 Å². The molecule has 0 atom stereocenters. The third-order valence-corrected chi connectivity index (χ3v) is 2.69. The van der Waals surface area contributed by atoms with Crippen LogP contribution in [0.3, 0.4) is 0 Å².